The zero-order valence-electron chi connectivity index (χ0n) is 15.8. The average molecular weight is 398 g/mol. The van der Waals surface area contributed by atoms with Crippen LogP contribution in [0.4, 0.5) is 0 Å². The number of hydrogen-bond donors (Lipinski definition) is 0. The summed E-state index contributed by atoms with van der Waals surface area (Å²) < 4.78 is 32.0. The van der Waals surface area contributed by atoms with Crippen LogP contribution in [-0.2, 0) is 10.0 Å². The molecule has 1 spiro atoms. The third-order valence-corrected chi connectivity index (χ3v) is 7.29. The number of nitrogens with zero attached hydrogens (tertiary/aromatic N) is 3. The van der Waals surface area contributed by atoms with Crippen molar-refractivity contribution in [1.29, 1.82) is 0 Å². The number of piperidine rings is 1. The van der Waals surface area contributed by atoms with E-state index in [0.717, 1.165) is 29.0 Å². The van der Waals surface area contributed by atoms with Crippen LogP contribution in [0.25, 0.3) is 0 Å². The number of ether oxygens (including phenoxy) is 1. The van der Waals surface area contributed by atoms with Crippen LogP contribution in [0.3, 0.4) is 0 Å². The topological polar surface area (TPSA) is 62.2 Å². The summed E-state index contributed by atoms with van der Waals surface area (Å²) in [5.41, 5.74) is 2.72. The van der Waals surface area contributed by atoms with E-state index in [1.165, 1.54) is 10.6 Å². The van der Waals surface area contributed by atoms with Crippen molar-refractivity contribution in [3.63, 3.8) is 0 Å². The van der Waals surface area contributed by atoms with Crippen LogP contribution in [0.5, 0.6) is 5.75 Å². The highest BCUT2D eigenvalue weighted by Gasteiger charge is 2.52. The molecule has 146 valence electrons. The Morgan fingerprint density at radius 1 is 1.04 bits per heavy atom. The summed E-state index contributed by atoms with van der Waals surface area (Å²) in [5.74, 6) is 0.890. The van der Waals surface area contributed by atoms with Gasteiger partial charge in [0, 0.05) is 37.9 Å². The van der Waals surface area contributed by atoms with Crippen molar-refractivity contribution in [2.45, 2.75) is 31.0 Å². The lowest BCUT2D eigenvalue weighted by atomic mass is 9.91. The summed E-state index contributed by atoms with van der Waals surface area (Å²) in [6.45, 7) is 0.890. The lowest BCUT2D eigenvalue weighted by Gasteiger charge is -2.50. The Kier molecular flexibility index (Phi) is 4.00. The summed E-state index contributed by atoms with van der Waals surface area (Å²) in [6, 6.07) is 18.5. The molecule has 2 aromatic carbocycles. The van der Waals surface area contributed by atoms with Gasteiger partial charge in [-0.3, -0.25) is 0 Å². The van der Waals surface area contributed by atoms with Crippen LogP contribution < -0.4 is 4.74 Å². The van der Waals surface area contributed by atoms with Gasteiger partial charge in [0.15, 0.2) is 0 Å². The van der Waals surface area contributed by atoms with E-state index < -0.39 is 15.7 Å². The first-order chi connectivity index (χ1) is 13.5. The van der Waals surface area contributed by atoms with Crippen LogP contribution in [-0.4, -0.2) is 48.5 Å². The van der Waals surface area contributed by atoms with E-state index in [1.54, 1.807) is 0 Å². The molecule has 0 amide bonds. The van der Waals surface area contributed by atoms with Crippen molar-refractivity contribution < 1.29 is 13.2 Å². The molecule has 1 atom stereocenters. The van der Waals surface area contributed by atoms with Gasteiger partial charge >= 0.3 is 0 Å². The van der Waals surface area contributed by atoms with Crippen LogP contribution >= 0.6 is 0 Å². The Bertz CT molecular complexity index is 1030. The molecule has 0 unspecified atom stereocenters. The van der Waals surface area contributed by atoms with E-state index in [9.17, 15) is 8.42 Å². The van der Waals surface area contributed by atoms with E-state index >= 15 is 0 Å². The van der Waals surface area contributed by atoms with E-state index in [4.69, 9.17) is 9.84 Å². The lowest BCUT2D eigenvalue weighted by Crippen LogP contribution is -2.59. The molecule has 0 radical (unpaired) electrons. The smallest absolute Gasteiger partial charge is 0.211 e. The van der Waals surface area contributed by atoms with Gasteiger partial charge in [0.2, 0.25) is 15.7 Å². The quantitative estimate of drug-likeness (QED) is 0.782. The van der Waals surface area contributed by atoms with E-state index in [2.05, 4.69) is 23.2 Å². The molecule has 0 bridgehead atoms. The normalized spacial score (nSPS) is 23.7. The summed E-state index contributed by atoms with van der Waals surface area (Å²) in [5, 5.41) is 7.11. The first-order valence-electron chi connectivity index (χ1n) is 9.62. The third kappa shape index (κ3) is 2.81. The lowest BCUT2D eigenvalue weighted by molar-refractivity contribution is -0.143. The van der Waals surface area contributed by atoms with E-state index in [-0.39, 0.29) is 6.04 Å². The van der Waals surface area contributed by atoms with Gasteiger partial charge in [-0.2, -0.15) is 5.10 Å². The average Bonchev–Trinajstić information content (AvgIpc) is 3.15. The first kappa shape index (κ1) is 17.7. The van der Waals surface area contributed by atoms with Crippen LogP contribution in [0, 0.1) is 0 Å². The maximum atomic E-state index is 12.0. The van der Waals surface area contributed by atoms with Gasteiger partial charge in [0.25, 0.3) is 0 Å². The summed E-state index contributed by atoms with van der Waals surface area (Å²) in [4.78, 5) is 0. The van der Waals surface area contributed by atoms with Gasteiger partial charge in [-0.05, 0) is 11.6 Å². The van der Waals surface area contributed by atoms with Gasteiger partial charge < -0.3 is 4.74 Å². The Labute approximate surface area is 165 Å². The minimum absolute atomic E-state index is 0.116. The fourth-order valence-corrected chi connectivity index (χ4v) is 5.38. The minimum Gasteiger partial charge on any atom is -0.466 e. The molecule has 3 aliphatic rings. The molecule has 0 saturated carbocycles. The highest BCUT2D eigenvalue weighted by atomic mass is 32.2. The number of sulfonamides is 1. The van der Waals surface area contributed by atoms with Crippen molar-refractivity contribution in [3.8, 4) is 5.75 Å². The molecule has 28 heavy (non-hydrogen) atoms. The standard InChI is InChI=1S/C21H23N3O3S/c1-28(25,26)23-13-11-21(12-14-23)24-19(17-9-5-6-10-20(17)27-21)15-18(22-24)16-7-3-2-4-8-16/h2-10,19H,11-15H2,1H3/t19-/m1/s1. The molecular weight excluding hydrogens is 374 g/mol. The molecule has 3 heterocycles. The van der Waals surface area contributed by atoms with Crippen molar-refractivity contribution in [2.75, 3.05) is 19.3 Å². The van der Waals surface area contributed by atoms with Gasteiger partial charge in [-0.15, -0.1) is 0 Å². The van der Waals surface area contributed by atoms with Crippen molar-refractivity contribution >= 4 is 15.7 Å². The number of hydrogen-bond acceptors (Lipinski definition) is 5. The zero-order chi connectivity index (χ0) is 19.4. The fraction of sp³-hybridized carbons (Fsp3) is 0.381. The monoisotopic (exact) mass is 397 g/mol. The summed E-state index contributed by atoms with van der Waals surface area (Å²) in [7, 11) is -3.19. The van der Waals surface area contributed by atoms with Crippen molar-refractivity contribution in [2.24, 2.45) is 5.10 Å². The highest BCUT2D eigenvalue weighted by molar-refractivity contribution is 7.88. The SMILES string of the molecule is CS(=O)(=O)N1CCC2(CC1)Oc1ccccc1[C@H]1CC(c3ccccc3)=NN12. The maximum absolute atomic E-state index is 12.0. The van der Waals surface area contributed by atoms with E-state index in [0.29, 0.717) is 25.9 Å². The Morgan fingerprint density at radius 3 is 2.43 bits per heavy atom. The first-order valence-corrected chi connectivity index (χ1v) is 11.5. The van der Waals surface area contributed by atoms with Crippen LogP contribution in [0.1, 0.15) is 36.4 Å². The molecule has 0 aromatic heterocycles. The molecule has 6 nitrogen and oxygen atoms in total. The molecule has 7 heteroatoms. The minimum atomic E-state index is -3.19. The van der Waals surface area contributed by atoms with Crippen LogP contribution in [0.15, 0.2) is 59.7 Å². The zero-order valence-corrected chi connectivity index (χ0v) is 16.6. The Hall–Kier alpha value is -2.38. The molecule has 5 rings (SSSR count). The van der Waals surface area contributed by atoms with Crippen LogP contribution in [0.2, 0.25) is 0 Å². The van der Waals surface area contributed by atoms with Gasteiger partial charge in [-0.25, -0.2) is 17.7 Å². The number of para-hydroxylation sites is 1. The molecule has 1 fully saturated rings. The van der Waals surface area contributed by atoms with Gasteiger partial charge in [0.1, 0.15) is 5.75 Å². The second kappa shape index (κ2) is 6.32. The van der Waals surface area contributed by atoms with Crippen molar-refractivity contribution in [3.05, 3.63) is 65.7 Å². The third-order valence-electron chi connectivity index (χ3n) is 5.99. The van der Waals surface area contributed by atoms with Crippen molar-refractivity contribution in [1.82, 2.24) is 9.31 Å². The fourth-order valence-electron chi connectivity index (χ4n) is 4.53. The predicted octanol–water partition coefficient (Wildman–Crippen LogP) is 2.98. The highest BCUT2D eigenvalue weighted by Crippen LogP contribution is 2.49. The molecule has 3 aliphatic heterocycles. The Balaban J connectivity index is 1.54. The number of rotatable bonds is 2. The number of benzene rings is 2. The Morgan fingerprint density at radius 2 is 1.71 bits per heavy atom. The predicted molar refractivity (Wildman–Crippen MR) is 108 cm³/mol. The van der Waals surface area contributed by atoms with E-state index in [1.807, 2.05) is 36.4 Å². The second-order valence-electron chi connectivity index (χ2n) is 7.73. The number of fused-ring (bicyclic) bond motifs is 4. The molecule has 0 N–H and O–H groups in total. The molecule has 2 aromatic rings. The molecule has 1 saturated heterocycles. The largest absolute Gasteiger partial charge is 0.466 e. The van der Waals surface area contributed by atoms with Gasteiger partial charge in [-0.1, -0.05) is 48.5 Å². The summed E-state index contributed by atoms with van der Waals surface area (Å²) >= 11 is 0. The number of hydrazone groups is 1. The molecule has 0 aliphatic carbocycles. The second-order valence-corrected chi connectivity index (χ2v) is 9.71. The van der Waals surface area contributed by atoms with Gasteiger partial charge in [0.05, 0.1) is 18.0 Å². The molecular formula is C21H23N3O3S. The maximum Gasteiger partial charge on any atom is 0.211 e. The summed E-state index contributed by atoms with van der Waals surface area (Å²) in [6.07, 6.45) is 3.28.